The highest BCUT2D eigenvalue weighted by Gasteiger charge is 2.24. The lowest BCUT2D eigenvalue weighted by Gasteiger charge is -2.32. The smallest absolute Gasteiger partial charge is 0.266 e. The first kappa shape index (κ1) is 22.0. The van der Waals surface area contributed by atoms with Gasteiger partial charge in [0.25, 0.3) is 5.56 Å². The predicted molar refractivity (Wildman–Crippen MR) is 117 cm³/mol. The maximum Gasteiger partial charge on any atom is 0.266 e. The van der Waals surface area contributed by atoms with E-state index in [-0.39, 0.29) is 29.7 Å². The number of piperidine rings is 1. The van der Waals surface area contributed by atoms with Crippen LogP contribution in [0.25, 0.3) is 0 Å². The first-order valence-corrected chi connectivity index (χ1v) is 10.2. The lowest BCUT2D eigenvalue weighted by atomic mass is 9.97. The zero-order valence-corrected chi connectivity index (χ0v) is 17.7. The molecule has 1 aliphatic heterocycles. The Labute approximate surface area is 180 Å². The average Bonchev–Trinajstić information content (AvgIpc) is 2.74. The summed E-state index contributed by atoms with van der Waals surface area (Å²) in [7, 11) is 0. The number of nitrogens with two attached hydrogens (primary N) is 1. The highest BCUT2D eigenvalue weighted by molar-refractivity contribution is 5.90. The fourth-order valence-electron chi connectivity index (χ4n) is 3.95. The zero-order chi connectivity index (χ0) is 22.5. The van der Waals surface area contributed by atoms with Crippen LogP contribution >= 0.6 is 0 Å². The fraction of sp³-hybridized carbons (Fsp3) is 0.409. The van der Waals surface area contributed by atoms with Crippen molar-refractivity contribution in [2.24, 2.45) is 11.7 Å². The maximum absolute atomic E-state index is 12.4. The quantitative estimate of drug-likeness (QED) is 0.644. The molecule has 3 rings (SSSR count). The van der Waals surface area contributed by atoms with E-state index in [4.69, 9.17) is 11.0 Å². The monoisotopic (exact) mass is 422 g/mol. The van der Waals surface area contributed by atoms with Gasteiger partial charge in [-0.1, -0.05) is 0 Å². The minimum absolute atomic E-state index is 0.0806. The molecule has 0 bridgehead atoms. The maximum atomic E-state index is 12.4. The van der Waals surface area contributed by atoms with Gasteiger partial charge in [0.15, 0.2) is 0 Å². The highest BCUT2D eigenvalue weighted by atomic mass is 16.2. The van der Waals surface area contributed by atoms with Gasteiger partial charge in [-0.2, -0.15) is 5.26 Å². The molecule has 2 aromatic heterocycles. The predicted octanol–water partition coefficient (Wildman–Crippen LogP) is 1.53. The Kier molecular flexibility index (Phi) is 6.70. The second kappa shape index (κ2) is 9.43. The third-order valence-electron chi connectivity index (χ3n) is 5.70. The minimum Gasteiger partial charge on any atom is -0.369 e. The van der Waals surface area contributed by atoms with E-state index in [0.717, 1.165) is 30.8 Å². The number of carbonyl (C=O) groups excluding carboxylic acids is 2. The molecule has 1 aliphatic rings. The summed E-state index contributed by atoms with van der Waals surface area (Å²) in [6.45, 7) is 4.84. The van der Waals surface area contributed by atoms with E-state index in [0.29, 0.717) is 29.9 Å². The second-order valence-electron chi connectivity index (χ2n) is 7.81. The van der Waals surface area contributed by atoms with Gasteiger partial charge >= 0.3 is 0 Å². The van der Waals surface area contributed by atoms with Crippen LogP contribution in [0, 0.1) is 31.1 Å². The molecule has 31 heavy (non-hydrogen) atoms. The van der Waals surface area contributed by atoms with Crippen molar-refractivity contribution in [1.82, 2.24) is 9.97 Å². The first-order chi connectivity index (χ1) is 14.8. The summed E-state index contributed by atoms with van der Waals surface area (Å²) >= 11 is 0. The number of pyridine rings is 2. The number of nitrogens with zero attached hydrogens (tertiary/aromatic N) is 3. The summed E-state index contributed by atoms with van der Waals surface area (Å²) in [5.74, 6) is 0.0945. The Morgan fingerprint density at radius 1 is 1.39 bits per heavy atom. The third-order valence-corrected chi connectivity index (χ3v) is 5.70. The number of aromatic amines is 1. The van der Waals surface area contributed by atoms with E-state index in [1.54, 1.807) is 26.1 Å². The Hall–Kier alpha value is -3.67. The van der Waals surface area contributed by atoms with Gasteiger partial charge in [0.2, 0.25) is 11.8 Å². The molecule has 9 heteroatoms. The largest absolute Gasteiger partial charge is 0.369 e. The summed E-state index contributed by atoms with van der Waals surface area (Å²) in [6, 6.07) is 5.51. The minimum atomic E-state index is -0.410. The van der Waals surface area contributed by atoms with Gasteiger partial charge in [-0.05, 0) is 56.4 Å². The van der Waals surface area contributed by atoms with E-state index in [1.807, 2.05) is 17.0 Å². The Morgan fingerprint density at radius 3 is 2.81 bits per heavy atom. The van der Waals surface area contributed by atoms with Crippen LogP contribution in [-0.4, -0.2) is 34.9 Å². The highest BCUT2D eigenvalue weighted by Crippen LogP contribution is 2.22. The van der Waals surface area contributed by atoms with Gasteiger partial charge in [0, 0.05) is 25.2 Å². The zero-order valence-electron chi connectivity index (χ0n) is 17.7. The molecule has 2 aromatic rings. The van der Waals surface area contributed by atoms with Gasteiger partial charge in [0.1, 0.15) is 17.5 Å². The SMILES string of the molecule is Cc1[nH]c(=O)c(C#N)c(C)c1CCC(=O)Nc1ccc(N2CCCC(C(N)=O)C2)nc1. The molecular weight excluding hydrogens is 396 g/mol. The number of nitrogens with one attached hydrogen (secondary N) is 2. The van der Waals surface area contributed by atoms with Crippen molar-refractivity contribution in [2.75, 3.05) is 23.3 Å². The Morgan fingerprint density at radius 2 is 2.16 bits per heavy atom. The summed E-state index contributed by atoms with van der Waals surface area (Å²) in [4.78, 5) is 44.8. The van der Waals surface area contributed by atoms with Crippen molar-refractivity contribution in [2.45, 2.75) is 39.5 Å². The van der Waals surface area contributed by atoms with E-state index in [9.17, 15) is 14.4 Å². The van der Waals surface area contributed by atoms with Crippen molar-refractivity contribution in [3.05, 3.63) is 51.1 Å². The van der Waals surface area contributed by atoms with Crippen LogP contribution < -0.4 is 21.5 Å². The van der Waals surface area contributed by atoms with Crippen molar-refractivity contribution >= 4 is 23.3 Å². The molecule has 0 aliphatic carbocycles. The van der Waals surface area contributed by atoms with Crippen molar-refractivity contribution in [3.63, 3.8) is 0 Å². The van der Waals surface area contributed by atoms with Gasteiger partial charge in [-0.25, -0.2) is 4.98 Å². The second-order valence-corrected chi connectivity index (χ2v) is 7.81. The average molecular weight is 422 g/mol. The van der Waals surface area contributed by atoms with Gasteiger partial charge in [0.05, 0.1) is 17.8 Å². The standard InChI is InChI=1S/C22H26N6O3/c1-13-17(14(2)26-22(31)18(13)10-23)6-8-20(29)27-16-5-7-19(25-11-16)28-9-3-4-15(12-28)21(24)30/h5,7,11,15H,3-4,6,8-9,12H2,1-2H3,(H2,24,30)(H,26,31)(H,27,29). The number of aromatic nitrogens is 2. The number of H-pyrrole nitrogens is 1. The molecule has 0 radical (unpaired) electrons. The molecule has 1 saturated heterocycles. The molecule has 4 N–H and O–H groups in total. The van der Waals surface area contributed by atoms with Crippen LogP contribution in [0.3, 0.4) is 0 Å². The van der Waals surface area contributed by atoms with Crippen LogP contribution in [-0.2, 0) is 16.0 Å². The van der Waals surface area contributed by atoms with Crippen molar-refractivity contribution in [1.29, 1.82) is 5.26 Å². The van der Waals surface area contributed by atoms with Crippen molar-refractivity contribution < 1.29 is 9.59 Å². The van der Waals surface area contributed by atoms with Crippen molar-refractivity contribution in [3.8, 4) is 6.07 Å². The normalized spacial score (nSPS) is 15.9. The van der Waals surface area contributed by atoms with Crippen LogP contribution in [0.2, 0.25) is 0 Å². The lowest BCUT2D eigenvalue weighted by molar-refractivity contribution is -0.122. The van der Waals surface area contributed by atoms with E-state index in [2.05, 4.69) is 15.3 Å². The summed E-state index contributed by atoms with van der Waals surface area (Å²) < 4.78 is 0. The lowest BCUT2D eigenvalue weighted by Crippen LogP contribution is -2.41. The summed E-state index contributed by atoms with van der Waals surface area (Å²) in [6.07, 6.45) is 3.87. The van der Waals surface area contributed by atoms with E-state index >= 15 is 0 Å². The van der Waals surface area contributed by atoms with Crippen LogP contribution in [0.1, 0.15) is 41.6 Å². The molecule has 1 fully saturated rings. The molecule has 1 atom stereocenters. The number of anilines is 2. The van der Waals surface area contributed by atoms with E-state index < -0.39 is 5.56 Å². The third kappa shape index (κ3) is 5.09. The summed E-state index contributed by atoms with van der Waals surface area (Å²) in [5.41, 5.74) is 7.75. The number of primary amides is 1. The van der Waals surface area contributed by atoms with Crippen LogP contribution in [0.4, 0.5) is 11.5 Å². The molecule has 2 amide bonds. The number of nitriles is 1. The van der Waals surface area contributed by atoms with Crippen LogP contribution in [0.15, 0.2) is 23.1 Å². The number of aryl methyl sites for hydroxylation is 1. The fourth-order valence-corrected chi connectivity index (χ4v) is 3.95. The van der Waals surface area contributed by atoms with Gasteiger partial charge in [-0.15, -0.1) is 0 Å². The number of hydrogen-bond acceptors (Lipinski definition) is 6. The van der Waals surface area contributed by atoms with Crippen LogP contribution in [0.5, 0.6) is 0 Å². The number of rotatable bonds is 6. The number of amides is 2. The van der Waals surface area contributed by atoms with Gasteiger partial charge in [-0.3, -0.25) is 14.4 Å². The number of hydrogen-bond donors (Lipinski definition) is 3. The topological polar surface area (TPSA) is 145 Å². The van der Waals surface area contributed by atoms with Gasteiger partial charge < -0.3 is 20.9 Å². The molecule has 3 heterocycles. The Balaban J connectivity index is 1.60. The summed E-state index contributed by atoms with van der Waals surface area (Å²) in [5, 5.41) is 12.0. The van der Waals surface area contributed by atoms with E-state index in [1.165, 1.54) is 0 Å². The molecule has 0 aromatic carbocycles. The molecule has 0 spiro atoms. The molecule has 1 unspecified atom stereocenters. The molecule has 162 valence electrons. The number of carbonyl (C=O) groups is 2. The molecular formula is C22H26N6O3. The first-order valence-electron chi connectivity index (χ1n) is 10.2. The molecule has 0 saturated carbocycles. The Bertz CT molecular complexity index is 1080. The molecule has 9 nitrogen and oxygen atoms in total.